The van der Waals surface area contributed by atoms with E-state index in [1.807, 2.05) is 11.8 Å². The third-order valence-electron chi connectivity index (χ3n) is 4.21. The van der Waals surface area contributed by atoms with Crippen molar-refractivity contribution >= 4 is 11.8 Å². The van der Waals surface area contributed by atoms with Crippen LogP contribution in [0.25, 0.3) is 0 Å². The first kappa shape index (κ1) is 14.3. The molecule has 0 radical (unpaired) electrons. The van der Waals surface area contributed by atoms with Gasteiger partial charge in [0.15, 0.2) is 0 Å². The molecule has 5 nitrogen and oxygen atoms in total. The molecular weight excluding hydrogens is 242 g/mol. The summed E-state index contributed by atoms with van der Waals surface area (Å²) >= 11 is 0. The fourth-order valence-corrected chi connectivity index (χ4v) is 2.94. The third kappa shape index (κ3) is 3.93. The summed E-state index contributed by atoms with van der Waals surface area (Å²) < 4.78 is 0. The number of nitrogens with zero attached hydrogens (tertiary/aromatic N) is 1. The van der Waals surface area contributed by atoms with Crippen molar-refractivity contribution in [2.75, 3.05) is 26.2 Å². The molecule has 0 aliphatic carbocycles. The van der Waals surface area contributed by atoms with Crippen LogP contribution in [0, 0.1) is 5.92 Å². The molecule has 0 spiro atoms. The maximum Gasteiger partial charge on any atom is 0.224 e. The second kappa shape index (κ2) is 6.89. The summed E-state index contributed by atoms with van der Waals surface area (Å²) in [6.45, 7) is 5.19. The predicted molar refractivity (Wildman–Crippen MR) is 73.6 cm³/mol. The highest BCUT2D eigenvalue weighted by Crippen LogP contribution is 2.15. The highest BCUT2D eigenvalue weighted by atomic mass is 16.2. The van der Waals surface area contributed by atoms with Gasteiger partial charge in [-0.25, -0.2) is 0 Å². The number of rotatable bonds is 4. The predicted octanol–water partition coefficient (Wildman–Crippen LogP) is 0.503. The van der Waals surface area contributed by atoms with Crippen LogP contribution in [0.2, 0.25) is 0 Å². The van der Waals surface area contributed by atoms with Crippen LogP contribution in [0.4, 0.5) is 0 Å². The van der Waals surface area contributed by atoms with Crippen LogP contribution in [0.15, 0.2) is 0 Å². The standard InChI is InChI=1S/C14H25N3O2/c1-11-12(5-7-15-11)14(19)16-8-6-13(18)17-9-3-2-4-10-17/h11-12,15H,2-10H2,1H3,(H,16,19). The van der Waals surface area contributed by atoms with Crippen LogP contribution in [-0.4, -0.2) is 48.9 Å². The summed E-state index contributed by atoms with van der Waals surface area (Å²) in [5.41, 5.74) is 0. The summed E-state index contributed by atoms with van der Waals surface area (Å²) in [6, 6.07) is 0.248. The number of hydrogen-bond acceptors (Lipinski definition) is 3. The zero-order valence-electron chi connectivity index (χ0n) is 11.8. The summed E-state index contributed by atoms with van der Waals surface area (Å²) in [6.07, 6.45) is 4.78. The van der Waals surface area contributed by atoms with Gasteiger partial charge in [0.2, 0.25) is 11.8 Å². The SMILES string of the molecule is CC1NCCC1C(=O)NCCC(=O)N1CCCCC1. The smallest absolute Gasteiger partial charge is 0.224 e. The lowest BCUT2D eigenvalue weighted by Gasteiger charge is -2.26. The van der Waals surface area contributed by atoms with Gasteiger partial charge in [0.05, 0.1) is 5.92 Å². The minimum atomic E-state index is 0.0603. The van der Waals surface area contributed by atoms with Gasteiger partial charge < -0.3 is 15.5 Å². The molecule has 0 saturated carbocycles. The molecule has 0 aromatic heterocycles. The molecule has 0 aromatic rings. The average Bonchev–Trinajstić information content (AvgIpc) is 2.86. The van der Waals surface area contributed by atoms with Crippen molar-refractivity contribution in [3.63, 3.8) is 0 Å². The quantitative estimate of drug-likeness (QED) is 0.780. The maximum atomic E-state index is 11.9. The lowest BCUT2D eigenvalue weighted by molar-refractivity contribution is -0.132. The molecule has 2 saturated heterocycles. The molecule has 2 N–H and O–H groups in total. The van der Waals surface area contributed by atoms with E-state index in [2.05, 4.69) is 10.6 Å². The van der Waals surface area contributed by atoms with Gasteiger partial charge in [-0.1, -0.05) is 0 Å². The van der Waals surface area contributed by atoms with Gasteiger partial charge in [-0.05, 0) is 39.2 Å². The van der Waals surface area contributed by atoms with Crippen molar-refractivity contribution in [1.29, 1.82) is 0 Å². The molecule has 2 atom stereocenters. The van der Waals surface area contributed by atoms with Gasteiger partial charge in [-0.3, -0.25) is 9.59 Å². The van der Waals surface area contributed by atoms with E-state index in [9.17, 15) is 9.59 Å². The molecular formula is C14H25N3O2. The molecule has 2 fully saturated rings. The summed E-state index contributed by atoms with van der Waals surface area (Å²) in [4.78, 5) is 25.8. The Morgan fingerprint density at radius 1 is 1.26 bits per heavy atom. The molecule has 108 valence electrons. The van der Waals surface area contributed by atoms with E-state index in [0.29, 0.717) is 13.0 Å². The van der Waals surface area contributed by atoms with Gasteiger partial charge in [-0.15, -0.1) is 0 Å². The first-order valence-corrected chi connectivity index (χ1v) is 7.47. The van der Waals surface area contributed by atoms with Crippen LogP contribution in [0.1, 0.15) is 39.0 Å². The Balaban J connectivity index is 1.65. The van der Waals surface area contributed by atoms with Crippen molar-refractivity contribution in [1.82, 2.24) is 15.5 Å². The van der Waals surface area contributed by atoms with E-state index in [1.165, 1.54) is 6.42 Å². The van der Waals surface area contributed by atoms with Crippen molar-refractivity contribution in [2.24, 2.45) is 5.92 Å². The van der Waals surface area contributed by atoms with Crippen molar-refractivity contribution in [2.45, 2.75) is 45.1 Å². The Morgan fingerprint density at radius 2 is 2.00 bits per heavy atom. The summed E-state index contributed by atoms with van der Waals surface area (Å²) in [5.74, 6) is 0.326. The Morgan fingerprint density at radius 3 is 2.63 bits per heavy atom. The minimum Gasteiger partial charge on any atom is -0.355 e. The van der Waals surface area contributed by atoms with Crippen molar-refractivity contribution in [3.05, 3.63) is 0 Å². The van der Waals surface area contributed by atoms with E-state index in [4.69, 9.17) is 0 Å². The Labute approximate surface area is 115 Å². The van der Waals surface area contributed by atoms with E-state index in [0.717, 1.165) is 38.9 Å². The van der Waals surface area contributed by atoms with E-state index in [-0.39, 0.29) is 23.8 Å². The number of nitrogens with one attached hydrogen (secondary N) is 2. The second-order valence-electron chi connectivity index (χ2n) is 5.62. The highest BCUT2D eigenvalue weighted by molar-refractivity contribution is 5.81. The van der Waals surface area contributed by atoms with Crippen LogP contribution in [0.3, 0.4) is 0 Å². The van der Waals surface area contributed by atoms with Crippen LogP contribution < -0.4 is 10.6 Å². The van der Waals surface area contributed by atoms with E-state index < -0.39 is 0 Å². The summed E-state index contributed by atoms with van der Waals surface area (Å²) in [7, 11) is 0. The van der Waals surface area contributed by atoms with E-state index in [1.54, 1.807) is 0 Å². The van der Waals surface area contributed by atoms with E-state index >= 15 is 0 Å². The number of amides is 2. The topological polar surface area (TPSA) is 61.4 Å². The van der Waals surface area contributed by atoms with Gasteiger partial charge >= 0.3 is 0 Å². The van der Waals surface area contributed by atoms with Crippen LogP contribution >= 0.6 is 0 Å². The molecule has 2 heterocycles. The van der Waals surface area contributed by atoms with Crippen molar-refractivity contribution < 1.29 is 9.59 Å². The van der Waals surface area contributed by atoms with Gasteiger partial charge in [0.25, 0.3) is 0 Å². The Kier molecular flexibility index (Phi) is 5.19. The van der Waals surface area contributed by atoms with Crippen LogP contribution in [0.5, 0.6) is 0 Å². The molecule has 0 aromatic carbocycles. The zero-order chi connectivity index (χ0) is 13.7. The number of likely N-dealkylation sites (tertiary alicyclic amines) is 1. The average molecular weight is 267 g/mol. The molecule has 2 amide bonds. The van der Waals surface area contributed by atoms with Crippen LogP contribution in [-0.2, 0) is 9.59 Å². The lowest BCUT2D eigenvalue weighted by atomic mass is 10.0. The number of carbonyl (C=O) groups is 2. The largest absolute Gasteiger partial charge is 0.355 e. The Hall–Kier alpha value is -1.10. The third-order valence-corrected chi connectivity index (χ3v) is 4.21. The molecule has 2 aliphatic rings. The van der Waals surface area contributed by atoms with Gasteiger partial charge in [-0.2, -0.15) is 0 Å². The summed E-state index contributed by atoms with van der Waals surface area (Å²) in [5, 5.41) is 6.16. The molecule has 19 heavy (non-hydrogen) atoms. The molecule has 2 rings (SSSR count). The fraction of sp³-hybridized carbons (Fsp3) is 0.857. The second-order valence-corrected chi connectivity index (χ2v) is 5.62. The monoisotopic (exact) mass is 267 g/mol. The van der Waals surface area contributed by atoms with Gasteiger partial charge in [0, 0.05) is 32.1 Å². The van der Waals surface area contributed by atoms with Crippen molar-refractivity contribution in [3.8, 4) is 0 Å². The Bertz CT molecular complexity index is 327. The minimum absolute atomic E-state index is 0.0603. The lowest BCUT2D eigenvalue weighted by Crippen LogP contribution is -2.40. The molecule has 2 aliphatic heterocycles. The zero-order valence-corrected chi connectivity index (χ0v) is 11.8. The maximum absolute atomic E-state index is 11.9. The number of hydrogen-bond donors (Lipinski definition) is 2. The molecule has 5 heteroatoms. The first-order valence-electron chi connectivity index (χ1n) is 7.47. The number of carbonyl (C=O) groups excluding carboxylic acids is 2. The first-order chi connectivity index (χ1) is 9.18. The normalized spacial score (nSPS) is 27.3. The van der Waals surface area contributed by atoms with Gasteiger partial charge in [0.1, 0.15) is 0 Å². The molecule has 0 bridgehead atoms. The fourth-order valence-electron chi connectivity index (χ4n) is 2.94. The molecule has 2 unspecified atom stereocenters. The highest BCUT2D eigenvalue weighted by Gasteiger charge is 2.29. The number of piperidine rings is 1.